The molecule has 13 heavy (non-hydrogen) atoms. The molecule has 0 bridgehead atoms. The van der Waals surface area contributed by atoms with Crippen molar-refractivity contribution in [1.82, 2.24) is 4.90 Å². The normalized spacial score (nSPS) is 38.9. The maximum Gasteiger partial charge on any atom is 0.253 e. The summed E-state index contributed by atoms with van der Waals surface area (Å²) in [6.45, 7) is 4.61. The molecule has 74 valence electrons. The van der Waals surface area contributed by atoms with E-state index in [1.54, 1.807) is 4.90 Å². The number of rotatable bonds is 1. The van der Waals surface area contributed by atoms with Crippen LogP contribution in [0, 0.1) is 5.92 Å². The molecule has 2 heterocycles. The standard InChI is InChI=1S/C9H15NO3/c1-5(2)9-10-6(4-13-9)3-7(11)8(10)12/h5-7,9,11H,3-4H2,1-2H3. The van der Waals surface area contributed by atoms with Crippen LogP contribution in [-0.4, -0.2) is 40.9 Å². The Kier molecular flexibility index (Phi) is 2.04. The fraction of sp³-hybridized carbons (Fsp3) is 0.889. The van der Waals surface area contributed by atoms with Crippen molar-refractivity contribution in [3.05, 3.63) is 0 Å². The molecule has 2 fully saturated rings. The molecule has 2 aliphatic heterocycles. The Balaban J connectivity index is 2.16. The molecule has 0 aromatic rings. The van der Waals surface area contributed by atoms with Gasteiger partial charge in [0, 0.05) is 6.42 Å². The Labute approximate surface area is 77.5 Å². The number of hydrogen-bond acceptors (Lipinski definition) is 3. The van der Waals surface area contributed by atoms with Gasteiger partial charge in [-0.1, -0.05) is 13.8 Å². The number of ether oxygens (including phenoxy) is 1. The molecule has 4 heteroatoms. The van der Waals surface area contributed by atoms with Gasteiger partial charge in [0.1, 0.15) is 12.3 Å². The van der Waals surface area contributed by atoms with Crippen LogP contribution in [0.5, 0.6) is 0 Å². The van der Waals surface area contributed by atoms with Crippen molar-refractivity contribution >= 4 is 5.91 Å². The van der Waals surface area contributed by atoms with Gasteiger partial charge in [-0.25, -0.2) is 0 Å². The lowest BCUT2D eigenvalue weighted by Crippen LogP contribution is -2.40. The molecular weight excluding hydrogens is 170 g/mol. The van der Waals surface area contributed by atoms with E-state index >= 15 is 0 Å². The Morgan fingerprint density at radius 2 is 2.31 bits per heavy atom. The van der Waals surface area contributed by atoms with Crippen molar-refractivity contribution in [2.75, 3.05) is 6.61 Å². The number of carbonyl (C=O) groups excluding carboxylic acids is 1. The molecule has 2 rings (SSSR count). The average Bonchev–Trinajstić information content (AvgIpc) is 2.55. The van der Waals surface area contributed by atoms with E-state index in [0.717, 1.165) is 0 Å². The number of fused-ring (bicyclic) bond motifs is 1. The van der Waals surface area contributed by atoms with Crippen LogP contribution < -0.4 is 0 Å². The molecule has 0 aromatic heterocycles. The highest BCUT2D eigenvalue weighted by molar-refractivity contribution is 5.83. The topological polar surface area (TPSA) is 49.8 Å². The number of amides is 1. The van der Waals surface area contributed by atoms with E-state index < -0.39 is 6.10 Å². The smallest absolute Gasteiger partial charge is 0.253 e. The third kappa shape index (κ3) is 1.25. The molecule has 3 unspecified atom stereocenters. The van der Waals surface area contributed by atoms with E-state index in [0.29, 0.717) is 18.9 Å². The molecule has 0 aliphatic carbocycles. The lowest BCUT2D eigenvalue weighted by Gasteiger charge is -2.25. The minimum absolute atomic E-state index is 0.106. The maximum absolute atomic E-state index is 11.5. The van der Waals surface area contributed by atoms with Crippen molar-refractivity contribution in [2.24, 2.45) is 5.92 Å². The number of hydrogen-bond donors (Lipinski definition) is 1. The quantitative estimate of drug-likeness (QED) is 0.623. The molecule has 0 radical (unpaired) electrons. The molecule has 0 aromatic carbocycles. The molecule has 3 atom stereocenters. The van der Waals surface area contributed by atoms with Gasteiger partial charge >= 0.3 is 0 Å². The summed E-state index contributed by atoms with van der Waals surface area (Å²) in [7, 11) is 0. The zero-order chi connectivity index (χ0) is 9.59. The summed E-state index contributed by atoms with van der Waals surface area (Å²) in [5.41, 5.74) is 0. The van der Waals surface area contributed by atoms with E-state index in [2.05, 4.69) is 0 Å². The number of carbonyl (C=O) groups is 1. The first-order valence-corrected chi connectivity index (χ1v) is 4.73. The summed E-state index contributed by atoms with van der Waals surface area (Å²) in [4.78, 5) is 13.2. The van der Waals surface area contributed by atoms with Gasteiger partial charge in [0.05, 0.1) is 12.6 Å². The van der Waals surface area contributed by atoms with E-state index in [1.165, 1.54) is 0 Å². The summed E-state index contributed by atoms with van der Waals surface area (Å²) in [6, 6.07) is 0.106. The summed E-state index contributed by atoms with van der Waals surface area (Å²) in [5, 5.41) is 9.36. The van der Waals surface area contributed by atoms with Crippen LogP contribution in [0.2, 0.25) is 0 Å². The van der Waals surface area contributed by atoms with Crippen LogP contribution in [-0.2, 0) is 9.53 Å². The van der Waals surface area contributed by atoms with Crippen LogP contribution in [0.1, 0.15) is 20.3 Å². The SMILES string of the molecule is CC(C)C1OCC2CC(O)C(=O)N21. The summed E-state index contributed by atoms with van der Waals surface area (Å²) in [5.74, 6) is 0.125. The van der Waals surface area contributed by atoms with E-state index in [4.69, 9.17) is 4.74 Å². The third-order valence-corrected chi connectivity index (χ3v) is 2.73. The molecule has 2 aliphatic rings. The van der Waals surface area contributed by atoms with Crippen molar-refractivity contribution in [2.45, 2.75) is 38.6 Å². The highest BCUT2D eigenvalue weighted by Gasteiger charge is 2.47. The summed E-state index contributed by atoms with van der Waals surface area (Å²) >= 11 is 0. The first-order chi connectivity index (χ1) is 6.11. The van der Waals surface area contributed by atoms with Crippen LogP contribution in [0.15, 0.2) is 0 Å². The average molecular weight is 185 g/mol. The molecule has 1 N–H and O–H groups in total. The number of aliphatic hydroxyl groups is 1. The first-order valence-electron chi connectivity index (χ1n) is 4.73. The van der Waals surface area contributed by atoms with Gasteiger partial charge in [0.25, 0.3) is 5.91 Å². The predicted molar refractivity (Wildman–Crippen MR) is 45.8 cm³/mol. The second kappa shape index (κ2) is 2.96. The molecule has 2 saturated heterocycles. The second-order valence-electron chi connectivity index (χ2n) is 4.12. The van der Waals surface area contributed by atoms with Crippen LogP contribution >= 0.6 is 0 Å². The van der Waals surface area contributed by atoms with Crippen molar-refractivity contribution in [3.8, 4) is 0 Å². The molecular formula is C9H15NO3. The fourth-order valence-corrected chi connectivity index (χ4v) is 2.11. The molecule has 0 saturated carbocycles. The fourth-order valence-electron chi connectivity index (χ4n) is 2.11. The van der Waals surface area contributed by atoms with Crippen LogP contribution in [0.25, 0.3) is 0 Å². The Bertz CT molecular complexity index is 229. The third-order valence-electron chi connectivity index (χ3n) is 2.73. The largest absolute Gasteiger partial charge is 0.383 e. The minimum atomic E-state index is -0.796. The Morgan fingerprint density at radius 3 is 2.92 bits per heavy atom. The van der Waals surface area contributed by atoms with E-state index in [9.17, 15) is 9.90 Å². The van der Waals surface area contributed by atoms with E-state index in [1.807, 2.05) is 13.8 Å². The summed E-state index contributed by atoms with van der Waals surface area (Å²) in [6.07, 6.45) is -0.396. The van der Waals surface area contributed by atoms with Crippen LogP contribution in [0.4, 0.5) is 0 Å². The van der Waals surface area contributed by atoms with Crippen LogP contribution in [0.3, 0.4) is 0 Å². The zero-order valence-electron chi connectivity index (χ0n) is 7.93. The molecule has 1 amide bonds. The number of nitrogens with zero attached hydrogens (tertiary/aromatic N) is 1. The maximum atomic E-state index is 11.5. The first kappa shape index (κ1) is 8.97. The number of aliphatic hydroxyl groups excluding tert-OH is 1. The second-order valence-corrected chi connectivity index (χ2v) is 4.12. The zero-order valence-corrected chi connectivity index (χ0v) is 7.93. The molecule has 4 nitrogen and oxygen atoms in total. The summed E-state index contributed by atoms with van der Waals surface area (Å²) < 4.78 is 5.49. The van der Waals surface area contributed by atoms with Gasteiger partial charge in [0.2, 0.25) is 0 Å². The van der Waals surface area contributed by atoms with Gasteiger partial charge in [-0.05, 0) is 5.92 Å². The Hall–Kier alpha value is -0.610. The highest BCUT2D eigenvalue weighted by Crippen LogP contribution is 2.31. The Morgan fingerprint density at radius 1 is 1.62 bits per heavy atom. The van der Waals surface area contributed by atoms with Crippen molar-refractivity contribution in [1.29, 1.82) is 0 Å². The molecule has 0 spiro atoms. The van der Waals surface area contributed by atoms with Gasteiger partial charge in [0.15, 0.2) is 0 Å². The van der Waals surface area contributed by atoms with Gasteiger partial charge in [-0.2, -0.15) is 0 Å². The monoisotopic (exact) mass is 185 g/mol. The lowest BCUT2D eigenvalue weighted by molar-refractivity contribution is -0.142. The van der Waals surface area contributed by atoms with Crippen molar-refractivity contribution < 1.29 is 14.6 Å². The van der Waals surface area contributed by atoms with Gasteiger partial charge < -0.3 is 14.7 Å². The lowest BCUT2D eigenvalue weighted by atomic mass is 10.2. The van der Waals surface area contributed by atoms with E-state index in [-0.39, 0.29) is 18.2 Å². The minimum Gasteiger partial charge on any atom is -0.383 e. The van der Waals surface area contributed by atoms with Gasteiger partial charge in [-0.3, -0.25) is 4.79 Å². The highest BCUT2D eigenvalue weighted by atomic mass is 16.5. The van der Waals surface area contributed by atoms with Crippen molar-refractivity contribution in [3.63, 3.8) is 0 Å². The predicted octanol–water partition coefficient (Wildman–Crippen LogP) is -0.0395. The van der Waals surface area contributed by atoms with Gasteiger partial charge in [-0.15, -0.1) is 0 Å².